The molecule has 6 heteroatoms. The van der Waals surface area contributed by atoms with Gasteiger partial charge < -0.3 is 10.6 Å². The van der Waals surface area contributed by atoms with E-state index in [2.05, 4.69) is 20.6 Å². The number of rotatable bonds is 6. The van der Waals surface area contributed by atoms with Gasteiger partial charge in [-0.3, -0.25) is 19.6 Å². The number of hydrogen-bond donors (Lipinski definition) is 2. The van der Waals surface area contributed by atoms with Gasteiger partial charge in [-0.2, -0.15) is 0 Å². The van der Waals surface area contributed by atoms with Crippen molar-refractivity contribution in [1.29, 1.82) is 0 Å². The average Bonchev–Trinajstić information content (AvgIpc) is 2.72. The number of amides is 2. The number of pyridine rings is 2. The standard InChI is InChI=1S/C21H26N4O2/c1-15(26)24-13-16-7-9-17(10-8-16)20(19-6-2-3-12-23-19)25-21(27)18-5-4-11-22-14-18/h2-6,11-12,14,16-17,20H,7-10,13H2,1H3,(H,24,26)(H,25,27)/t16?,17?,20-/m1/s1. The minimum atomic E-state index is -0.126. The van der Waals surface area contributed by atoms with E-state index in [4.69, 9.17) is 0 Å². The SMILES string of the molecule is CC(=O)NCC1CCC([C@@H](NC(=O)c2cccnc2)c2ccccn2)CC1. The molecule has 1 saturated carbocycles. The maximum Gasteiger partial charge on any atom is 0.253 e. The summed E-state index contributed by atoms with van der Waals surface area (Å²) >= 11 is 0. The fraction of sp³-hybridized carbons (Fsp3) is 0.429. The molecular weight excluding hydrogens is 340 g/mol. The fourth-order valence-electron chi connectivity index (χ4n) is 3.73. The second kappa shape index (κ2) is 9.26. The summed E-state index contributed by atoms with van der Waals surface area (Å²) in [5, 5.41) is 6.09. The molecule has 2 amide bonds. The molecule has 3 rings (SSSR count). The lowest BCUT2D eigenvalue weighted by Gasteiger charge is -2.34. The molecule has 0 aliphatic heterocycles. The molecule has 27 heavy (non-hydrogen) atoms. The quantitative estimate of drug-likeness (QED) is 0.823. The summed E-state index contributed by atoms with van der Waals surface area (Å²) in [6, 6.07) is 9.21. The molecule has 2 aromatic rings. The van der Waals surface area contributed by atoms with E-state index in [-0.39, 0.29) is 17.9 Å². The number of carbonyl (C=O) groups excluding carboxylic acids is 2. The first-order valence-corrected chi connectivity index (χ1v) is 9.49. The van der Waals surface area contributed by atoms with Crippen LogP contribution in [0.2, 0.25) is 0 Å². The molecule has 2 heterocycles. The Balaban J connectivity index is 1.68. The van der Waals surface area contributed by atoms with Crippen LogP contribution < -0.4 is 10.6 Å². The maximum absolute atomic E-state index is 12.7. The molecule has 1 fully saturated rings. The minimum Gasteiger partial charge on any atom is -0.356 e. The molecule has 6 nitrogen and oxygen atoms in total. The van der Waals surface area contributed by atoms with Gasteiger partial charge in [-0.1, -0.05) is 6.07 Å². The monoisotopic (exact) mass is 366 g/mol. The number of hydrogen-bond acceptors (Lipinski definition) is 4. The van der Waals surface area contributed by atoms with Crippen LogP contribution in [-0.2, 0) is 4.79 Å². The van der Waals surface area contributed by atoms with Crippen LogP contribution in [0.4, 0.5) is 0 Å². The Kier molecular flexibility index (Phi) is 6.52. The largest absolute Gasteiger partial charge is 0.356 e. The summed E-state index contributed by atoms with van der Waals surface area (Å²) in [7, 11) is 0. The number of nitrogens with zero attached hydrogens (tertiary/aromatic N) is 2. The van der Waals surface area contributed by atoms with E-state index in [1.54, 1.807) is 37.6 Å². The van der Waals surface area contributed by atoms with Crippen molar-refractivity contribution in [1.82, 2.24) is 20.6 Å². The Hall–Kier alpha value is -2.76. The van der Waals surface area contributed by atoms with Gasteiger partial charge in [-0.15, -0.1) is 0 Å². The van der Waals surface area contributed by atoms with Gasteiger partial charge in [0.15, 0.2) is 0 Å². The predicted octanol–water partition coefficient (Wildman–Crippen LogP) is 2.89. The molecule has 0 aromatic carbocycles. The third kappa shape index (κ3) is 5.36. The molecule has 1 atom stereocenters. The molecule has 1 aliphatic rings. The molecule has 0 unspecified atom stereocenters. The van der Waals surface area contributed by atoms with Gasteiger partial charge >= 0.3 is 0 Å². The van der Waals surface area contributed by atoms with Crippen LogP contribution in [0.15, 0.2) is 48.9 Å². The Morgan fingerprint density at radius 2 is 1.93 bits per heavy atom. The van der Waals surface area contributed by atoms with Crippen LogP contribution in [0.1, 0.15) is 54.7 Å². The van der Waals surface area contributed by atoms with Crippen molar-refractivity contribution < 1.29 is 9.59 Å². The lowest BCUT2D eigenvalue weighted by Crippen LogP contribution is -2.37. The summed E-state index contributed by atoms with van der Waals surface area (Å²) in [4.78, 5) is 32.3. The highest BCUT2D eigenvalue weighted by Gasteiger charge is 2.30. The number of nitrogens with one attached hydrogen (secondary N) is 2. The molecule has 2 aromatic heterocycles. The normalized spacial score (nSPS) is 20.5. The van der Waals surface area contributed by atoms with Crippen molar-refractivity contribution in [3.63, 3.8) is 0 Å². The molecule has 1 aliphatic carbocycles. The summed E-state index contributed by atoms with van der Waals surface area (Å²) < 4.78 is 0. The third-order valence-electron chi connectivity index (χ3n) is 5.22. The van der Waals surface area contributed by atoms with Gasteiger partial charge in [0, 0.05) is 32.1 Å². The summed E-state index contributed by atoms with van der Waals surface area (Å²) in [6.07, 6.45) is 9.07. The van der Waals surface area contributed by atoms with Crippen molar-refractivity contribution in [2.24, 2.45) is 11.8 Å². The van der Waals surface area contributed by atoms with E-state index in [0.29, 0.717) is 17.4 Å². The molecule has 142 valence electrons. The molecule has 0 bridgehead atoms. The summed E-state index contributed by atoms with van der Waals surface area (Å²) in [5.41, 5.74) is 1.44. The second-order valence-corrected chi connectivity index (χ2v) is 7.17. The van der Waals surface area contributed by atoms with Crippen LogP contribution >= 0.6 is 0 Å². The zero-order valence-electron chi connectivity index (χ0n) is 15.6. The van der Waals surface area contributed by atoms with Crippen molar-refractivity contribution in [3.05, 3.63) is 60.2 Å². The Labute approximate surface area is 159 Å². The Morgan fingerprint density at radius 1 is 1.11 bits per heavy atom. The van der Waals surface area contributed by atoms with Gasteiger partial charge in [-0.05, 0) is 61.8 Å². The summed E-state index contributed by atoms with van der Waals surface area (Å²) in [5.74, 6) is 0.726. The zero-order chi connectivity index (χ0) is 19.1. The van der Waals surface area contributed by atoms with Crippen molar-refractivity contribution >= 4 is 11.8 Å². The van der Waals surface area contributed by atoms with Crippen LogP contribution in [0.3, 0.4) is 0 Å². The molecular formula is C21H26N4O2. The van der Waals surface area contributed by atoms with Crippen LogP contribution in [0.5, 0.6) is 0 Å². The highest BCUT2D eigenvalue weighted by molar-refractivity contribution is 5.94. The van der Waals surface area contributed by atoms with Crippen LogP contribution in [0, 0.1) is 11.8 Å². The van der Waals surface area contributed by atoms with Gasteiger partial charge in [-0.25, -0.2) is 0 Å². The van der Waals surface area contributed by atoms with Gasteiger partial charge in [0.1, 0.15) is 0 Å². The predicted molar refractivity (Wildman–Crippen MR) is 103 cm³/mol. The van der Waals surface area contributed by atoms with E-state index >= 15 is 0 Å². The van der Waals surface area contributed by atoms with Gasteiger partial charge in [0.25, 0.3) is 5.91 Å². The average molecular weight is 366 g/mol. The highest BCUT2D eigenvalue weighted by Crippen LogP contribution is 2.36. The molecule has 0 spiro atoms. The topological polar surface area (TPSA) is 84.0 Å². The lowest BCUT2D eigenvalue weighted by atomic mass is 9.77. The lowest BCUT2D eigenvalue weighted by molar-refractivity contribution is -0.119. The fourth-order valence-corrected chi connectivity index (χ4v) is 3.73. The number of aromatic nitrogens is 2. The van der Waals surface area contributed by atoms with E-state index in [0.717, 1.165) is 37.9 Å². The molecule has 0 radical (unpaired) electrons. The van der Waals surface area contributed by atoms with Crippen LogP contribution in [0.25, 0.3) is 0 Å². The molecule has 2 N–H and O–H groups in total. The first kappa shape index (κ1) is 19.0. The van der Waals surface area contributed by atoms with Crippen molar-refractivity contribution in [3.8, 4) is 0 Å². The first-order chi connectivity index (χ1) is 13.1. The zero-order valence-corrected chi connectivity index (χ0v) is 15.6. The van der Waals surface area contributed by atoms with E-state index < -0.39 is 0 Å². The Bertz CT molecular complexity index is 743. The smallest absolute Gasteiger partial charge is 0.253 e. The van der Waals surface area contributed by atoms with E-state index in [1.807, 2.05) is 18.2 Å². The van der Waals surface area contributed by atoms with E-state index in [9.17, 15) is 9.59 Å². The van der Waals surface area contributed by atoms with Crippen molar-refractivity contribution in [2.45, 2.75) is 38.6 Å². The second-order valence-electron chi connectivity index (χ2n) is 7.17. The molecule has 0 saturated heterocycles. The minimum absolute atomic E-state index is 0.0206. The third-order valence-corrected chi connectivity index (χ3v) is 5.22. The highest BCUT2D eigenvalue weighted by atomic mass is 16.2. The number of carbonyl (C=O) groups is 2. The van der Waals surface area contributed by atoms with Crippen LogP contribution in [-0.4, -0.2) is 28.3 Å². The first-order valence-electron chi connectivity index (χ1n) is 9.49. The van der Waals surface area contributed by atoms with E-state index in [1.165, 1.54) is 0 Å². The van der Waals surface area contributed by atoms with Crippen molar-refractivity contribution in [2.75, 3.05) is 6.54 Å². The van der Waals surface area contributed by atoms with Gasteiger partial charge in [0.05, 0.1) is 17.3 Å². The Morgan fingerprint density at radius 3 is 2.56 bits per heavy atom. The van der Waals surface area contributed by atoms with Gasteiger partial charge in [0.2, 0.25) is 5.91 Å². The maximum atomic E-state index is 12.7. The summed E-state index contributed by atoms with van der Waals surface area (Å²) in [6.45, 7) is 2.29.